The number of hydrogen-bond donors (Lipinski definition) is 0. The Morgan fingerprint density at radius 1 is 1.35 bits per heavy atom. The smallest absolute Gasteiger partial charge is 0.262 e. The predicted molar refractivity (Wildman–Crippen MR) is 90.6 cm³/mol. The second-order valence-corrected chi connectivity index (χ2v) is 6.23. The van der Waals surface area contributed by atoms with Crippen LogP contribution in [0.1, 0.15) is 22.2 Å². The molecule has 0 bridgehead atoms. The topological polar surface area (TPSA) is 61.2 Å². The molecular formula is C17H16N2O3S. The highest BCUT2D eigenvalue weighted by Crippen LogP contribution is 2.21. The van der Waals surface area contributed by atoms with Crippen LogP contribution in [0.4, 0.5) is 0 Å². The van der Waals surface area contributed by atoms with Gasteiger partial charge in [-0.2, -0.15) is 0 Å². The third-order valence-electron chi connectivity index (χ3n) is 3.62. The molecule has 23 heavy (non-hydrogen) atoms. The van der Waals surface area contributed by atoms with Crippen molar-refractivity contribution in [3.8, 4) is 5.75 Å². The van der Waals surface area contributed by atoms with E-state index in [1.165, 1.54) is 22.2 Å². The molecule has 118 valence electrons. The van der Waals surface area contributed by atoms with Crippen LogP contribution in [-0.2, 0) is 13.0 Å². The molecule has 5 nitrogen and oxygen atoms in total. The van der Waals surface area contributed by atoms with Crippen LogP contribution in [0.15, 0.2) is 41.5 Å². The molecule has 0 atom stereocenters. The van der Waals surface area contributed by atoms with Gasteiger partial charge in [0.2, 0.25) is 0 Å². The highest BCUT2D eigenvalue weighted by Gasteiger charge is 2.12. The summed E-state index contributed by atoms with van der Waals surface area (Å²) in [6, 6.07) is 8.76. The Kier molecular flexibility index (Phi) is 4.25. The van der Waals surface area contributed by atoms with E-state index in [9.17, 15) is 9.59 Å². The van der Waals surface area contributed by atoms with Crippen molar-refractivity contribution in [2.45, 2.75) is 19.9 Å². The Hall–Kier alpha value is -2.47. The number of nitrogens with zero attached hydrogens (tertiary/aromatic N) is 2. The van der Waals surface area contributed by atoms with Gasteiger partial charge < -0.3 is 4.74 Å². The summed E-state index contributed by atoms with van der Waals surface area (Å²) in [5.74, 6) is 0.459. The zero-order chi connectivity index (χ0) is 16.4. The molecule has 2 aromatic heterocycles. The molecule has 3 aromatic rings. The molecule has 0 unspecified atom stereocenters. The van der Waals surface area contributed by atoms with E-state index in [0.717, 1.165) is 16.1 Å². The molecule has 6 heteroatoms. The summed E-state index contributed by atoms with van der Waals surface area (Å²) in [7, 11) is 1.55. The van der Waals surface area contributed by atoms with E-state index in [2.05, 4.69) is 4.98 Å². The van der Waals surface area contributed by atoms with Gasteiger partial charge in [0.25, 0.3) is 5.56 Å². The average Bonchev–Trinajstić information content (AvgIpc) is 3.01. The first kappa shape index (κ1) is 15.4. The van der Waals surface area contributed by atoms with Crippen LogP contribution in [0.5, 0.6) is 5.75 Å². The molecule has 0 aliphatic heterocycles. The number of thiophene rings is 1. The van der Waals surface area contributed by atoms with Gasteiger partial charge in [-0.15, -0.1) is 11.3 Å². The van der Waals surface area contributed by atoms with E-state index in [1.54, 1.807) is 31.4 Å². The lowest BCUT2D eigenvalue weighted by molar-refractivity contribution is 0.0970. The van der Waals surface area contributed by atoms with E-state index in [4.69, 9.17) is 4.74 Å². The molecule has 2 heterocycles. The summed E-state index contributed by atoms with van der Waals surface area (Å²) in [5, 5.41) is 0.577. The Labute approximate surface area is 137 Å². The minimum Gasteiger partial charge on any atom is -0.497 e. The molecular weight excluding hydrogens is 312 g/mol. The summed E-state index contributed by atoms with van der Waals surface area (Å²) in [5.41, 5.74) is 0.332. The van der Waals surface area contributed by atoms with Crippen LogP contribution in [0, 0.1) is 0 Å². The Morgan fingerprint density at radius 2 is 2.17 bits per heavy atom. The molecule has 0 N–H and O–H groups in total. The highest BCUT2D eigenvalue weighted by atomic mass is 32.1. The number of carbonyl (C=O) groups is 1. The number of Topliss-reactive ketones (excluding diaryl/α,β-unsaturated/α-hetero) is 1. The second kappa shape index (κ2) is 6.34. The molecule has 0 amide bonds. The van der Waals surface area contributed by atoms with Crippen molar-refractivity contribution in [2.75, 3.05) is 7.11 Å². The quantitative estimate of drug-likeness (QED) is 0.676. The van der Waals surface area contributed by atoms with Gasteiger partial charge in [-0.05, 0) is 24.6 Å². The standard InChI is InChI=1S/C17H16N2O3S/c1-3-13-8-14-16(23-13)18-10-19(17(14)21)9-15(20)11-5-4-6-12(7-11)22-2/h4-8,10H,3,9H2,1-2H3. The van der Waals surface area contributed by atoms with Crippen molar-refractivity contribution in [1.29, 1.82) is 0 Å². The third-order valence-corrected chi connectivity index (χ3v) is 4.81. The van der Waals surface area contributed by atoms with Crippen LogP contribution < -0.4 is 10.3 Å². The van der Waals surface area contributed by atoms with E-state index in [-0.39, 0.29) is 17.9 Å². The van der Waals surface area contributed by atoms with E-state index < -0.39 is 0 Å². The maximum Gasteiger partial charge on any atom is 0.262 e. The molecule has 0 aliphatic carbocycles. The summed E-state index contributed by atoms with van der Waals surface area (Å²) in [6.45, 7) is 2.00. The lowest BCUT2D eigenvalue weighted by Crippen LogP contribution is -2.24. The first-order valence-corrected chi connectivity index (χ1v) is 8.09. The second-order valence-electron chi connectivity index (χ2n) is 5.12. The first-order chi connectivity index (χ1) is 11.1. The highest BCUT2D eigenvalue weighted by molar-refractivity contribution is 7.18. The normalized spacial score (nSPS) is 10.9. The van der Waals surface area contributed by atoms with Crippen LogP contribution in [0.25, 0.3) is 10.2 Å². The number of hydrogen-bond acceptors (Lipinski definition) is 5. The van der Waals surface area contributed by atoms with Crippen molar-refractivity contribution in [2.24, 2.45) is 0 Å². The lowest BCUT2D eigenvalue weighted by atomic mass is 10.1. The number of ether oxygens (including phenoxy) is 1. The first-order valence-electron chi connectivity index (χ1n) is 7.27. The van der Waals surface area contributed by atoms with Gasteiger partial charge in [0.1, 0.15) is 10.6 Å². The zero-order valence-electron chi connectivity index (χ0n) is 12.9. The van der Waals surface area contributed by atoms with Gasteiger partial charge in [0, 0.05) is 10.4 Å². The van der Waals surface area contributed by atoms with Gasteiger partial charge in [0.05, 0.1) is 25.4 Å². The number of carbonyl (C=O) groups excluding carboxylic acids is 1. The van der Waals surface area contributed by atoms with E-state index in [0.29, 0.717) is 16.7 Å². The number of aryl methyl sites for hydroxylation is 1. The SMILES string of the molecule is CCc1cc2c(=O)n(CC(=O)c3cccc(OC)c3)cnc2s1. The molecule has 0 aliphatic rings. The average molecular weight is 328 g/mol. The van der Waals surface area contributed by atoms with Crippen LogP contribution in [-0.4, -0.2) is 22.4 Å². The minimum absolute atomic E-state index is 0.0355. The molecule has 0 fully saturated rings. The van der Waals surface area contributed by atoms with Crippen LogP contribution in [0.2, 0.25) is 0 Å². The molecule has 1 aromatic carbocycles. The summed E-state index contributed by atoms with van der Waals surface area (Å²) in [4.78, 5) is 31.0. The Bertz CT molecular complexity index is 927. The number of fused-ring (bicyclic) bond motifs is 1. The van der Waals surface area contributed by atoms with Gasteiger partial charge >= 0.3 is 0 Å². The molecule has 0 saturated heterocycles. The van der Waals surface area contributed by atoms with Crippen molar-refractivity contribution in [1.82, 2.24) is 9.55 Å². The maximum atomic E-state index is 12.5. The van der Waals surface area contributed by atoms with E-state index in [1.807, 2.05) is 13.0 Å². The zero-order valence-corrected chi connectivity index (χ0v) is 13.7. The van der Waals surface area contributed by atoms with Gasteiger partial charge in [-0.1, -0.05) is 19.1 Å². The van der Waals surface area contributed by atoms with Crippen molar-refractivity contribution >= 4 is 27.3 Å². The van der Waals surface area contributed by atoms with Crippen LogP contribution >= 0.6 is 11.3 Å². The van der Waals surface area contributed by atoms with Crippen LogP contribution in [0.3, 0.4) is 0 Å². The molecule has 0 radical (unpaired) electrons. The summed E-state index contributed by atoms with van der Waals surface area (Å²) in [6.07, 6.45) is 2.31. The maximum absolute atomic E-state index is 12.5. The lowest BCUT2D eigenvalue weighted by Gasteiger charge is -2.06. The number of ketones is 1. The van der Waals surface area contributed by atoms with Gasteiger partial charge in [-0.3, -0.25) is 14.2 Å². The Morgan fingerprint density at radius 3 is 2.91 bits per heavy atom. The fourth-order valence-electron chi connectivity index (χ4n) is 2.34. The van der Waals surface area contributed by atoms with E-state index >= 15 is 0 Å². The summed E-state index contributed by atoms with van der Waals surface area (Å²) < 4.78 is 6.48. The minimum atomic E-state index is -0.179. The fraction of sp³-hybridized carbons (Fsp3) is 0.235. The van der Waals surface area contributed by atoms with Crippen molar-refractivity contribution in [3.05, 3.63) is 57.5 Å². The molecule has 0 saturated carbocycles. The number of benzene rings is 1. The predicted octanol–water partition coefficient (Wildman–Crippen LogP) is 2.91. The van der Waals surface area contributed by atoms with Crippen molar-refractivity contribution in [3.63, 3.8) is 0 Å². The number of rotatable bonds is 5. The number of aromatic nitrogens is 2. The molecule has 3 rings (SSSR count). The Balaban J connectivity index is 1.93. The van der Waals surface area contributed by atoms with Crippen molar-refractivity contribution < 1.29 is 9.53 Å². The molecule has 0 spiro atoms. The summed E-state index contributed by atoms with van der Waals surface area (Å²) >= 11 is 1.51. The largest absolute Gasteiger partial charge is 0.497 e. The third kappa shape index (κ3) is 3.03. The van der Waals surface area contributed by atoms with Gasteiger partial charge in [0.15, 0.2) is 5.78 Å². The van der Waals surface area contributed by atoms with Gasteiger partial charge in [-0.25, -0.2) is 4.98 Å². The monoisotopic (exact) mass is 328 g/mol. The fourth-order valence-corrected chi connectivity index (χ4v) is 3.26. The number of methoxy groups -OCH3 is 1.